The van der Waals surface area contributed by atoms with Crippen molar-refractivity contribution in [1.29, 1.82) is 0 Å². The molecular formula is C27H38O5. The second kappa shape index (κ2) is 6.76. The van der Waals surface area contributed by atoms with Crippen LogP contribution in [-0.4, -0.2) is 41.3 Å². The van der Waals surface area contributed by atoms with E-state index in [0.717, 1.165) is 37.9 Å². The molecule has 1 spiro atoms. The summed E-state index contributed by atoms with van der Waals surface area (Å²) in [5, 5.41) is 10.2. The first kappa shape index (κ1) is 21.5. The van der Waals surface area contributed by atoms with Gasteiger partial charge in [-0.2, -0.15) is 0 Å². The highest BCUT2D eigenvalue weighted by Gasteiger charge is 2.71. The van der Waals surface area contributed by atoms with Gasteiger partial charge < -0.3 is 14.6 Å². The largest absolute Gasteiger partial charge is 0.393 e. The molecule has 0 amide bonds. The van der Waals surface area contributed by atoms with E-state index in [2.05, 4.69) is 27.7 Å². The Bertz CT molecular complexity index is 884. The lowest BCUT2D eigenvalue weighted by Gasteiger charge is -2.56. The summed E-state index contributed by atoms with van der Waals surface area (Å²) in [6.07, 6.45) is 6.96. The van der Waals surface area contributed by atoms with Gasteiger partial charge in [0.1, 0.15) is 5.78 Å². The van der Waals surface area contributed by atoms with Gasteiger partial charge in [0, 0.05) is 30.6 Å². The van der Waals surface area contributed by atoms with Gasteiger partial charge in [-0.15, -0.1) is 0 Å². The lowest BCUT2D eigenvalue weighted by Crippen LogP contribution is -2.58. The summed E-state index contributed by atoms with van der Waals surface area (Å²) in [5.41, 5.74) is 0.500. The smallest absolute Gasteiger partial charge is 0.171 e. The molecule has 2 heterocycles. The van der Waals surface area contributed by atoms with Gasteiger partial charge in [-0.25, -0.2) is 0 Å². The first-order valence-electron chi connectivity index (χ1n) is 12.9. The van der Waals surface area contributed by atoms with Crippen molar-refractivity contribution in [3.63, 3.8) is 0 Å². The molecule has 0 aromatic heterocycles. The van der Waals surface area contributed by atoms with Crippen LogP contribution in [0.2, 0.25) is 0 Å². The monoisotopic (exact) mass is 442 g/mol. The molecule has 5 nitrogen and oxygen atoms in total. The van der Waals surface area contributed by atoms with E-state index in [-0.39, 0.29) is 58.1 Å². The van der Waals surface area contributed by atoms with E-state index in [1.54, 1.807) is 0 Å². The number of hydrogen-bond acceptors (Lipinski definition) is 5. The molecule has 176 valence electrons. The van der Waals surface area contributed by atoms with Crippen molar-refractivity contribution in [2.24, 2.45) is 46.3 Å². The third kappa shape index (κ3) is 2.62. The van der Waals surface area contributed by atoms with Gasteiger partial charge >= 0.3 is 0 Å². The number of carbonyl (C=O) groups is 2. The Kier molecular flexibility index (Phi) is 4.54. The predicted octanol–water partition coefficient (Wildman–Crippen LogP) is 4.07. The number of allylic oxidation sites excluding steroid dienone is 1. The van der Waals surface area contributed by atoms with Crippen LogP contribution < -0.4 is 0 Å². The number of fused-ring (bicyclic) bond motifs is 7. The SMILES string of the molecule is C[C@H]1CC[C@@]2(OC1)O[C@H]1C[C@H]3[C@@H]4C(=O)C=C5C[C@@H](O)CC[C@]5(C)[C@H]4C(=O)C[C@]3(C)[C@H]1[C@@H]2C. The highest BCUT2D eigenvalue weighted by Crippen LogP contribution is 2.69. The second-order valence-corrected chi connectivity index (χ2v) is 12.6. The Morgan fingerprint density at radius 3 is 2.62 bits per heavy atom. The maximum Gasteiger partial charge on any atom is 0.171 e. The van der Waals surface area contributed by atoms with E-state index < -0.39 is 11.9 Å². The van der Waals surface area contributed by atoms with Gasteiger partial charge in [-0.05, 0) is 66.8 Å². The number of aliphatic hydroxyl groups excluding tert-OH is 1. The van der Waals surface area contributed by atoms with E-state index >= 15 is 0 Å². The van der Waals surface area contributed by atoms with Crippen molar-refractivity contribution in [3.05, 3.63) is 11.6 Å². The molecule has 0 bridgehead atoms. The van der Waals surface area contributed by atoms with Crippen LogP contribution in [0, 0.1) is 46.3 Å². The van der Waals surface area contributed by atoms with Gasteiger partial charge in [0.2, 0.25) is 0 Å². The fraction of sp³-hybridized carbons (Fsp3) is 0.852. The van der Waals surface area contributed by atoms with Crippen molar-refractivity contribution < 1.29 is 24.2 Å². The third-order valence-electron chi connectivity index (χ3n) is 10.9. The van der Waals surface area contributed by atoms with E-state index in [1.165, 1.54) is 0 Å². The van der Waals surface area contributed by atoms with Crippen molar-refractivity contribution in [3.8, 4) is 0 Å². The van der Waals surface area contributed by atoms with Crippen LogP contribution in [0.1, 0.15) is 72.6 Å². The van der Waals surface area contributed by atoms with Crippen molar-refractivity contribution in [2.75, 3.05) is 6.61 Å². The summed E-state index contributed by atoms with van der Waals surface area (Å²) in [6.45, 7) is 9.67. The Morgan fingerprint density at radius 1 is 1.12 bits per heavy atom. The molecular weight excluding hydrogens is 404 g/mol. The molecule has 0 aromatic carbocycles. The molecule has 6 aliphatic rings. The molecule has 1 N–H and O–H groups in total. The summed E-state index contributed by atoms with van der Waals surface area (Å²) in [7, 11) is 0. The zero-order valence-corrected chi connectivity index (χ0v) is 19.9. The molecule has 2 saturated heterocycles. The Balaban J connectivity index is 1.36. The van der Waals surface area contributed by atoms with Gasteiger partial charge in [-0.1, -0.05) is 33.3 Å². The van der Waals surface area contributed by atoms with E-state index in [4.69, 9.17) is 9.47 Å². The highest BCUT2D eigenvalue weighted by atomic mass is 16.7. The van der Waals surface area contributed by atoms with Crippen LogP contribution in [0.4, 0.5) is 0 Å². The normalized spacial score (nSPS) is 57.0. The molecule has 32 heavy (non-hydrogen) atoms. The molecule has 6 rings (SSSR count). The average molecular weight is 443 g/mol. The highest BCUT2D eigenvalue weighted by molar-refractivity contribution is 6.00. The Hall–Kier alpha value is -1.04. The maximum atomic E-state index is 13.9. The molecule has 5 fully saturated rings. The van der Waals surface area contributed by atoms with Crippen LogP contribution in [-0.2, 0) is 19.1 Å². The van der Waals surface area contributed by atoms with Crippen molar-refractivity contribution >= 4 is 11.6 Å². The fourth-order valence-corrected chi connectivity index (χ4v) is 9.23. The zero-order chi connectivity index (χ0) is 22.6. The second-order valence-electron chi connectivity index (χ2n) is 12.6. The minimum absolute atomic E-state index is 0.0686. The lowest BCUT2D eigenvalue weighted by atomic mass is 9.46. The first-order chi connectivity index (χ1) is 15.1. The Labute approximate surface area is 191 Å². The summed E-state index contributed by atoms with van der Waals surface area (Å²) < 4.78 is 13.1. The molecule has 0 aromatic rings. The van der Waals surface area contributed by atoms with Gasteiger partial charge in [0.15, 0.2) is 11.6 Å². The van der Waals surface area contributed by atoms with Crippen molar-refractivity contribution in [1.82, 2.24) is 0 Å². The summed E-state index contributed by atoms with van der Waals surface area (Å²) >= 11 is 0. The third-order valence-corrected chi connectivity index (χ3v) is 10.9. The number of Topliss-reactive ketones (excluding diaryl/α,β-unsaturated/α-hetero) is 1. The van der Waals surface area contributed by atoms with Gasteiger partial charge in [-0.3, -0.25) is 9.59 Å². The van der Waals surface area contributed by atoms with Crippen LogP contribution >= 0.6 is 0 Å². The summed E-state index contributed by atoms with van der Waals surface area (Å²) in [5.74, 6) is 0.610. The standard InChI is InChI=1S/C27H38O5/c1-14-5-8-27(31-13-14)15(2)23-21(32-27)11-18-22-19(29)10-16-9-17(28)6-7-25(16,3)24(22)20(30)12-26(18,23)4/h10,14-15,17-18,21-24,28H,5-9,11-13H2,1-4H3/t14-,15-,17-,18-,21-,22+,23-,24-,25-,26-,27+/m0/s1. The summed E-state index contributed by atoms with van der Waals surface area (Å²) in [6, 6.07) is 0. The van der Waals surface area contributed by atoms with Crippen LogP contribution in [0.15, 0.2) is 11.6 Å². The summed E-state index contributed by atoms with van der Waals surface area (Å²) in [4.78, 5) is 27.4. The number of hydrogen-bond donors (Lipinski definition) is 1. The van der Waals surface area contributed by atoms with E-state index in [0.29, 0.717) is 25.2 Å². The molecule has 11 atom stereocenters. The number of ketones is 2. The van der Waals surface area contributed by atoms with Gasteiger partial charge in [0.05, 0.1) is 18.8 Å². The number of rotatable bonds is 0. The van der Waals surface area contributed by atoms with E-state index in [1.807, 2.05) is 6.08 Å². The molecule has 4 aliphatic carbocycles. The lowest BCUT2D eigenvalue weighted by molar-refractivity contribution is -0.272. The van der Waals surface area contributed by atoms with Crippen molar-refractivity contribution in [2.45, 2.75) is 90.6 Å². The zero-order valence-electron chi connectivity index (χ0n) is 19.9. The number of aliphatic hydroxyl groups is 1. The molecule has 0 radical (unpaired) electrons. The van der Waals surface area contributed by atoms with Crippen LogP contribution in [0.3, 0.4) is 0 Å². The molecule has 3 saturated carbocycles. The molecule has 2 aliphatic heterocycles. The minimum atomic E-state index is -0.509. The number of ether oxygens (including phenoxy) is 2. The Morgan fingerprint density at radius 2 is 1.91 bits per heavy atom. The predicted molar refractivity (Wildman–Crippen MR) is 118 cm³/mol. The van der Waals surface area contributed by atoms with E-state index in [9.17, 15) is 14.7 Å². The molecule has 5 heteroatoms. The average Bonchev–Trinajstić information content (AvgIpc) is 3.16. The minimum Gasteiger partial charge on any atom is -0.393 e. The first-order valence-corrected chi connectivity index (χ1v) is 12.9. The molecule has 0 unspecified atom stereocenters. The quantitative estimate of drug-likeness (QED) is 0.612. The maximum absolute atomic E-state index is 13.9. The fourth-order valence-electron chi connectivity index (χ4n) is 9.23. The van der Waals surface area contributed by atoms with Gasteiger partial charge in [0.25, 0.3) is 0 Å². The number of carbonyl (C=O) groups excluding carboxylic acids is 2. The van der Waals surface area contributed by atoms with Crippen LogP contribution in [0.25, 0.3) is 0 Å². The topological polar surface area (TPSA) is 72.8 Å². The van der Waals surface area contributed by atoms with Crippen LogP contribution in [0.5, 0.6) is 0 Å².